The lowest BCUT2D eigenvalue weighted by Gasteiger charge is -2.17. The minimum absolute atomic E-state index is 0.280. The van der Waals surface area contributed by atoms with Crippen LogP contribution in [-0.4, -0.2) is 30.2 Å². The molecular formula is C14H21NO2. The van der Waals surface area contributed by atoms with Crippen molar-refractivity contribution in [3.8, 4) is 11.5 Å². The second kappa shape index (κ2) is 4.96. The summed E-state index contributed by atoms with van der Waals surface area (Å²) >= 11 is 0. The van der Waals surface area contributed by atoms with Gasteiger partial charge in [0.1, 0.15) is 0 Å². The lowest BCUT2D eigenvalue weighted by Crippen LogP contribution is -2.20. The standard InChI is InChI=1S/C14H21NO2/c1-10-7-15(8-11(10)2)9-12-5-4-6-13(17-3)14(12)16/h4-6,10-11,16H,7-9H2,1-3H3. The van der Waals surface area contributed by atoms with Gasteiger partial charge >= 0.3 is 0 Å². The summed E-state index contributed by atoms with van der Waals surface area (Å²) < 4.78 is 5.12. The summed E-state index contributed by atoms with van der Waals surface area (Å²) in [5.74, 6) is 2.32. The van der Waals surface area contributed by atoms with E-state index in [1.807, 2.05) is 12.1 Å². The number of aromatic hydroxyl groups is 1. The van der Waals surface area contributed by atoms with Gasteiger partial charge in [-0.1, -0.05) is 26.0 Å². The van der Waals surface area contributed by atoms with E-state index >= 15 is 0 Å². The number of ether oxygens (including phenoxy) is 1. The number of nitrogens with zero attached hydrogens (tertiary/aromatic N) is 1. The van der Waals surface area contributed by atoms with Crippen LogP contribution in [0, 0.1) is 11.8 Å². The smallest absolute Gasteiger partial charge is 0.162 e. The predicted molar refractivity (Wildman–Crippen MR) is 68.3 cm³/mol. The molecule has 1 heterocycles. The van der Waals surface area contributed by atoms with Gasteiger partial charge in [0.2, 0.25) is 0 Å². The van der Waals surface area contributed by atoms with Crippen LogP contribution in [0.2, 0.25) is 0 Å². The first-order valence-electron chi connectivity index (χ1n) is 6.19. The first-order valence-corrected chi connectivity index (χ1v) is 6.19. The first kappa shape index (κ1) is 12.2. The Morgan fingerprint density at radius 3 is 2.53 bits per heavy atom. The number of rotatable bonds is 3. The molecule has 2 rings (SSSR count). The van der Waals surface area contributed by atoms with Crippen molar-refractivity contribution in [1.82, 2.24) is 4.90 Å². The Morgan fingerprint density at radius 1 is 1.29 bits per heavy atom. The SMILES string of the molecule is COc1cccc(CN2CC(C)C(C)C2)c1O. The number of para-hydroxylation sites is 1. The van der Waals surface area contributed by atoms with Crippen molar-refractivity contribution in [1.29, 1.82) is 0 Å². The molecule has 0 radical (unpaired) electrons. The third-order valence-electron chi connectivity index (χ3n) is 3.76. The Balaban J connectivity index is 2.09. The number of hydrogen-bond acceptors (Lipinski definition) is 3. The minimum Gasteiger partial charge on any atom is -0.504 e. The molecule has 2 atom stereocenters. The van der Waals surface area contributed by atoms with Gasteiger partial charge in [-0.3, -0.25) is 4.90 Å². The van der Waals surface area contributed by atoms with Gasteiger partial charge in [0.25, 0.3) is 0 Å². The second-order valence-corrected chi connectivity index (χ2v) is 5.12. The average Bonchev–Trinajstić information content (AvgIpc) is 2.61. The second-order valence-electron chi connectivity index (χ2n) is 5.12. The van der Waals surface area contributed by atoms with Gasteiger partial charge in [0.05, 0.1) is 7.11 Å². The minimum atomic E-state index is 0.280. The van der Waals surface area contributed by atoms with Gasteiger partial charge in [0.15, 0.2) is 11.5 Å². The summed E-state index contributed by atoms with van der Waals surface area (Å²) in [7, 11) is 1.58. The van der Waals surface area contributed by atoms with Gasteiger partial charge in [-0.25, -0.2) is 0 Å². The van der Waals surface area contributed by atoms with E-state index in [1.54, 1.807) is 13.2 Å². The van der Waals surface area contributed by atoms with Crippen molar-refractivity contribution in [2.75, 3.05) is 20.2 Å². The van der Waals surface area contributed by atoms with E-state index in [2.05, 4.69) is 18.7 Å². The molecule has 94 valence electrons. The molecule has 1 fully saturated rings. The molecule has 0 spiro atoms. The summed E-state index contributed by atoms with van der Waals surface area (Å²) in [6.45, 7) is 7.60. The number of methoxy groups -OCH3 is 1. The largest absolute Gasteiger partial charge is 0.504 e. The Labute approximate surface area is 103 Å². The number of phenols is 1. The number of phenolic OH excluding ortho intramolecular Hbond substituents is 1. The molecule has 0 bridgehead atoms. The topological polar surface area (TPSA) is 32.7 Å². The average molecular weight is 235 g/mol. The van der Waals surface area contributed by atoms with E-state index in [4.69, 9.17) is 4.74 Å². The molecule has 3 heteroatoms. The molecule has 1 N–H and O–H groups in total. The molecule has 17 heavy (non-hydrogen) atoms. The number of benzene rings is 1. The molecule has 3 nitrogen and oxygen atoms in total. The maximum atomic E-state index is 10.0. The monoisotopic (exact) mass is 235 g/mol. The van der Waals surface area contributed by atoms with Crippen LogP contribution in [0.4, 0.5) is 0 Å². The summed E-state index contributed by atoms with van der Waals surface area (Å²) in [5.41, 5.74) is 0.950. The summed E-state index contributed by atoms with van der Waals surface area (Å²) in [4.78, 5) is 2.39. The molecule has 1 aliphatic rings. The highest BCUT2D eigenvalue weighted by molar-refractivity contribution is 5.45. The van der Waals surface area contributed by atoms with E-state index in [0.29, 0.717) is 5.75 Å². The molecule has 0 saturated carbocycles. The third kappa shape index (κ3) is 2.55. The fourth-order valence-electron chi connectivity index (χ4n) is 2.48. The molecule has 1 aromatic carbocycles. The lowest BCUT2D eigenvalue weighted by molar-refractivity contribution is 0.305. The quantitative estimate of drug-likeness (QED) is 0.873. The zero-order valence-electron chi connectivity index (χ0n) is 10.8. The molecule has 0 amide bonds. The fourth-order valence-corrected chi connectivity index (χ4v) is 2.48. The van der Waals surface area contributed by atoms with E-state index in [-0.39, 0.29) is 5.75 Å². The van der Waals surface area contributed by atoms with Crippen LogP contribution in [-0.2, 0) is 6.54 Å². The van der Waals surface area contributed by atoms with Gasteiger partial charge in [-0.15, -0.1) is 0 Å². The van der Waals surface area contributed by atoms with Crippen molar-refractivity contribution in [3.63, 3.8) is 0 Å². The first-order chi connectivity index (χ1) is 8.11. The van der Waals surface area contributed by atoms with E-state index < -0.39 is 0 Å². The molecule has 0 aliphatic carbocycles. The normalized spacial score (nSPS) is 25.1. The Hall–Kier alpha value is -1.22. The molecule has 2 unspecified atom stereocenters. The highest BCUT2D eigenvalue weighted by Gasteiger charge is 2.26. The van der Waals surface area contributed by atoms with Crippen molar-refractivity contribution >= 4 is 0 Å². The summed E-state index contributed by atoms with van der Waals surface area (Å²) in [6.07, 6.45) is 0. The Kier molecular flexibility index (Phi) is 3.57. The maximum absolute atomic E-state index is 10.0. The van der Waals surface area contributed by atoms with Crippen LogP contribution < -0.4 is 4.74 Å². The third-order valence-corrected chi connectivity index (χ3v) is 3.76. The van der Waals surface area contributed by atoms with Crippen LogP contribution >= 0.6 is 0 Å². The van der Waals surface area contributed by atoms with Gasteiger partial charge in [-0.05, 0) is 17.9 Å². The molecule has 0 aromatic heterocycles. The number of hydrogen-bond donors (Lipinski definition) is 1. The van der Waals surface area contributed by atoms with Gasteiger partial charge < -0.3 is 9.84 Å². The zero-order valence-corrected chi connectivity index (χ0v) is 10.8. The van der Waals surface area contributed by atoms with Crippen LogP contribution in [0.25, 0.3) is 0 Å². The Morgan fingerprint density at radius 2 is 1.94 bits per heavy atom. The zero-order chi connectivity index (χ0) is 12.4. The molecule has 1 aliphatic heterocycles. The molecular weight excluding hydrogens is 214 g/mol. The van der Waals surface area contributed by atoms with Crippen LogP contribution in [0.15, 0.2) is 18.2 Å². The van der Waals surface area contributed by atoms with Crippen molar-refractivity contribution in [2.45, 2.75) is 20.4 Å². The summed E-state index contributed by atoms with van der Waals surface area (Å²) in [5, 5.41) is 10.0. The van der Waals surface area contributed by atoms with Crippen LogP contribution in [0.5, 0.6) is 11.5 Å². The summed E-state index contributed by atoms with van der Waals surface area (Å²) in [6, 6.07) is 5.68. The van der Waals surface area contributed by atoms with Crippen molar-refractivity contribution in [2.24, 2.45) is 11.8 Å². The van der Waals surface area contributed by atoms with Crippen LogP contribution in [0.1, 0.15) is 19.4 Å². The maximum Gasteiger partial charge on any atom is 0.162 e. The van der Waals surface area contributed by atoms with E-state index in [0.717, 1.165) is 37.0 Å². The van der Waals surface area contributed by atoms with Crippen molar-refractivity contribution in [3.05, 3.63) is 23.8 Å². The van der Waals surface area contributed by atoms with E-state index in [1.165, 1.54) is 0 Å². The van der Waals surface area contributed by atoms with E-state index in [9.17, 15) is 5.11 Å². The Bertz CT molecular complexity index is 382. The van der Waals surface area contributed by atoms with Gasteiger partial charge in [0, 0.05) is 25.2 Å². The highest BCUT2D eigenvalue weighted by atomic mass is 16.5. The number of likely N-dealkylation sites (tertiary alicyclic amines) is 1. The predicted octanol–water partition coefficient (Wildman–Crippen LogP) is 2.49. The van der Waals surface area contributed by atoms with Crippen molar-refractivity contribution < 1.29 is 9.84 Å². The fraction of sp³-hybridized carbons (Fsp3) is 0.571. The highest BCUT2D eigenvalue weighted by Crippen LogP contribution is 2.32. The van der Waals surface area contributed by atoms with Crippen LogP contribution in [0.3, 0.4) is 0 Å². The lowest BCUT2D eigenvalue weighted by atomic mass is 10.0. The molecule has 1 saturated heterocycles. The molecule has 1 aromatic rings. The van der Waals surface area contributed by atoms with Gasteiger partial charge in [-0.2, -0.15) is 0 Å².